The molecule has 0 saturated carbocycles. The van der Waals surface area contributed by atoms with Crippen molar-refractivity contribution in [1.29, 1.82) is 5.26 Å². The largest absolute Gasteiger partial charge is 0.310 e. The van der Waals surface area contributed by atoms with E-state index in [-0.39, 0.29) is 0 Å². The van der Waals surface area contributed by atoms with Gasteiger partial charge in [-0.1, -0.05) is 66.7 Å². The maximum atomic E-state index is 9.43. The lowest BCUT2D eigenvalue weighted by Crippen LogP contribution is -2.09. The van der Waals surface area contributed by atoms with Crippen LogP contribution in [0.3, 0.4) is 0 Å². The molecule has 0 unspecified atom stereocenters. The van der Waals surface area contributed by atoms with Gasteiger partial charge in [0.15, 0.2) is 0 Å². The number of anilines is 3. The van der Waals surface area contributed by atoms with Crippen LogP contribution in [0.15, 0.2) is 170 Å². The Morgan fingerprint density at radius 2 is 1.13 bits per heavy atom. The Morgan fingerprint density at radius 3 is 1.75 bits per heavy atom. The van der Waals surface area contributed by atoms with Crippen molar-refractivity contribution in [3.05, 3.63) is 175 Å². The molecule has 0 radical (unpaired) electrons. The molecule has 10 aromatic rings. The van der Waals surface area contributed by atoms with Crippen LogP contribution in [0.2, 0.25) is 0 Å². The molecule has 0 aliphatic carbocycles. The Kier molecular flexibility index (Phi) is 7.27. The van der Waals surface area contributed by atoms with Crippen molar-refractivity contribution in [3.63, 3.8) is 0 Å². The first-order valence-electron chi connectivity index (χ1n) is 17.8. The van der Waals surface area contributed by atoms with Gasteiger partial charge in [0.2, 0.25) is 0 Å². The molecule has 4 nitrogen and oxygen atoms in total. The Balaban J connectivity index is 1.06. The Hall–Kier alpha value is -6.65. The van der Waals surface area contributed by atoms with Gasteiger partial charge in [0.25, 0.3) is 0 Å². The molecule has 0 atom stereocenters. The van der Waals surface area contributed by atoms with Crippen molar-refractivity contribution in [3.8, 4) is 38.3 Å². The van der Waals surface area contributed by atoms with Crippen LogP contribution in [0.4, 0.5) is 17.1 Å². The zero-order valence-electron chi connectivity index (χ0n) is 29.2. The zero-order chi connectivity index (χ0) is 36.2. The van der Waals surface area contributed by atoms with Gasteiger partial charge in [-0.3, -0.25) is 0 Å². The van der Waals surface area contributed by atoms with E-state index in [9.17, 15) is 6.63 Å². The molecule has 0 bridgehead atoms. The molecule has 0 fully saturated rings. The average molecular weight is 714 g/mol. The molecule has 0 saturated heterocycles. The van der Waals surface area contributed by atoms with Crippen molar-refractivity contribution in [1.82, 2.24) is 9.97 Å². The summed E-state index contributed by atoms with van der Waals surface area (Å²) in [5.74, 6) is 0. The highest BCUT2D eigenvalue weighted by atomic mass is 32.1. The monoisotopic (exact) mass is 713 g/mol. The van der Waals surface area contributed by atoms with E-state index in [4.69, 9.17) is 9.97 Å². The number of aromatic nitrogens is 2. The highest BCUT2D eigenvalue weighted by Crippen LogP contribution is 2.40. The van der Waals surface area contributed by atoms with Crippen LogP contribution in [0.5, 0.6) is 0 Å². The van der Waals surface area contributed by atoms with Gasteiger partial charge in [0, 0.05) is 28.2 Å². The smallest absolute Gasteiger partial charge is 0.124 e. The molecule has 2 heterocycles. The molecule has 0 amide bonds. The number of hydrogen-bond donors (Lipinski definition) is 0. The topological polar surface area (TPSA) is 52.8 Å². The summed E-state index contributed by atoms with van der Waals surface area (Å²) in [6.45, 7) is 0. The van der Waals surface area contributed by atoms with Crippen LogP contribution in [0.25, 0.3) is 74.2 Å². The predicted octanol–water partition coefficient (Wildman–Crippen LogP) is 13.6. The summed E-state index contributed by atoms with van der Waals surface area (Å²) in [7, 11) is 0. The molecule has 8 aromatic carbocycles. The molecular weight excluding hydrogens is 685 g/mol. The van der Waals surface area contributed by atoms with E-state index in [2.05, 4.69) is 114 Å². The van der Waals surface area contributed by atoms with E-state index in [1.165, 1.54) is 9.40 Å². The number of thiazole rings is 2. The lowest BCUT2D eigenvalue weighted by molar-refractivity contribution is 1.29. The van der Waals surface area contributed by atoms with E-state index < -0.39 is 0 Å². The van der Waals surface area contributed by atoms with Crippen LogP contribution in [-0.4, -0.2) is 9.97 Å². The molecule has 248 valence electrons. The van der Waals surface area contributed by atoms with Gasteiger partial charge in [0.05, 0.1) is 33.4 Å². The van der Waals surface area contributed by atoms with Crippen molar-refractivity contribution >= 4 is 81.7 Å². The fraction of sp³-hybridized carbons (Fsp3) is 0. The summed E-state index contributed by atoms with van der Waals surface area (Å²) >= 11 is 3.39. The summed E-state index contributed by atoms with van der Waals surface area (Å²) in [6, 6.07) is 58.7. The van der Waals surface area contributed by atoms with E-state index in [0.717, 1.165) is 81.9 Å². The third-order valence-corrected chi connectivity index (χ3v) is 11.8. The maximum Gasteiger partial charge on any atom is 0.124 e. The Morgan fingerprint density at radius 1 is 0.509 bits per heavy atom. The van der Waals surface area contributed by atoms with Crippen LogP contribution in [-0.2, 0) is 0 Å². The van der Waals surface area contributed by atoms with Gasteiger partial charge in [-0.25, -0.2) is 9.97 Å². The van der Waals surface area contributed by atoms with Crippen LogP contribution < -0.4 is 4.90 Å². The molecule has 0 aliphatic heterocycles. The van der Waals surface area contributed by atoms with E-state index in [1.807, 2.05) is 60.7 Å². The van der Waals surface area contributed by atoms with E-state index in [1.54, 1.807) is 22.7 Å². The minimum Gasteiger partial charge on any atom is -0.310 e. The van der Waals surface area contributed by atoms with E-state index in [0.29, 0.717) is 11.6 Å². The molecule has 6 heteroatoms. The second-order valence-corrected chi connectivity index (χ2v) is 15.0. The second-order valence-electron chi connectivity index (χ2n) is 12.9. The van der Waals surface area contributed by atoms with Crippen LogP contribution >= 0.6 is 22.7 Å². The Bertz CT molecular complexity index is 2900. The fourth-order valence-electron chi connectivity index (χ4n) is 7.01. The van der Waals surface area contributed by atoms with Crippen molar-refractivity contribution in [2.24, 2.45) is 0 Å². The van der Waals surface area contributed by atoms with Gasteiger partial charge in [-0.15, -0.1) is 22.7 Å². The van der Waals surface area contributed by atoms with Crippen molar-refractivity contribution < 1.29 is 1.37 Å². The normalized spacial score (nSPS) is 11.6. The molecule has 0 N–H and O–H groups in total. The molecular formula is C47H28N4S2. The first-order chi connectivity index (χ1) is 26.6. The highest BCUT2D eigenvalue weighted by molar-refractivity contribution is 7.22. The molecule has 0 aliphatic rings. The Labute approximate surface area is 315 Å². The van der Waals surface area contributed by atoms with Gasteiger partial charge in [-0.2, -0.15) is 5.26 Å². The third-order valence-electron chi connectivity index (χ3n) is 9.64. The molecule has 53 heavy (non-hydrogen) atoms. The van der Waals surface area contributed by atoms with Gasteiger partial charge in [-0.05, 0) is 136 Å². The SMILES string of the molecule is [2H]c1cc(N(c2ccc(-c3nc4ccccc4s3)cc2)c2ccc(-c3nc4ccccc4s3)cc2)cc2ccc(-c3cccc4cc(C#N)ccc34)cc12. The molecule has 2 aromatic heterocycles. The summed E-state index contributed by atoms with van der Waals surface area (Å²) in [5, 5.41) is 15.4. The standard InChI is InChI=1S/C47H28N4S2/c48-29-30-12-25-41-35(26-30)6-5-7-40(41)36-14-13-34-28-39(24-19-33(34)27-36)51(37-20-15-31(16-21-37)46-49-42-8-1-3-10-44(42)52-46)38-22-17-32(18-23-38)47-50-43-9-2-4-11-45(43)53-47/h1-28H/i19D. The van der Waals surface area contributed by atoms with E-state index >= 15 is 0 Å². The number of fused-ring (bicyclic) bond motifs is 4. The summed E-state index contributed by atoms with van der Waals surface area (Å²) in [6.07, 6.45) is 0. The van der Waals surface area contributed by atoms with Crippen molar-refractivity contribution in [2.45, 2.75) is 0 Å². The average Bonchev–Trinajstić information content (AvgIpc) is 3.86. The maximum absolute atomic E-state index is 9.43. The lowest BCUT2D eigenvalue weighted by Gasteiger charge is -2.26. The number of para-hydroxylation sites is 2. The van der Waals surface area contributed by atoms with Gasteiger partial charge >= 0.3 is 0 Å². The molecule has 10 rings (SSSR count). The predicted molar refractivity (Wildman–Crippen MR) is 224 cm³/mol. The third kappa shape index (κ3) is 5.69. The number of benzene rings is 8. The number of rotatable bonds is 6. The number of nitrogens with zero attached hydrogens (tertiary/aromatic N) is 4. The highest BCUT2D eigenvalue weighted by Gasteiger charge is 2.16. The summed E-state index contributed by atoms with van der Waals surface area (Å²) in [5.41, 5.74) is 9.75. The lowest BCUT2D eigenvalue weighted by atomic mass is 9.95. The summed E-state index contributed by atoms with van der Waals surface area (Å²) in [4.78, 5) is 12.0. The summed E-state index contributed by atoms with van der Waals surface area (Å²) < 4.78 is 11.7. The molecule has 0 spiro atoms. The quantitative estimate of drug-likeness (QED) is 0.172. The first-order valence-corrected chi connectivity index (χ1v) is 18.9. The zero-order valence-corrected chi connectivity index (χ0v) is 29.8. The number of hydrogen-bond acceptors (Lipinski definition) is 6. The van der Waals surface area contributed by atoms with Crippen LogP contribution in [0.1, 0.15) is 6.93 Å². The van der Waals surface area contributed by atoms with Gasteiger partial charge in [0.1, 0.15) is 10.0 Å². The second kappa shape index (κ2) is 12.8. The first kappa shape index (κ1) is 30.0. The fourth-order valence-corrected chi connectivity index (χ4v) is 8.95. The van der Waals surface area contributed by atoms with Crippen LogP contribution in [0, 0.1) is 11.3 Å². The van der Waals surface area contributed by atoms with Crippen molar-refractivity contribution in [2.75, 3.05) is 4.90 Å². The minimum atomic E-state index is 0.443. The number of nitriles is 1. The minimum absolute atomic E-state index is 0.443. The van der Waals surface area contributed by atoms with Gasteiger partial charge < -0.3 is 4.90 Å².